The van der Waals surface area contributed by atoms with Crippen LogP contribution in [0.5, 0.6) is 0 Å². The van der Waals surface area contributed by atoms with E-state index in [0.717, 1.165) is 0 Å². The Bertz CT molecular complexity index is 1040. The molecule has 0 aliphatic rings. The number of nitrogens with one attached hydrogen (secondary N) is 4. The molecule has 0 aromatic heterocycles. The topological polar surface area (TPSA) is 190 Å². The van der Waals surface area contributed by atoms with Crippen LogP contribution in [0, 0.1) is 15.5 Å². The zero-order valence-electron chi connectivity index (χ0n) is 18.5. The van der Waals surface area contributed by atoms with E-state index in [4.69, 9.17) is 15.9 Å². The summed E-state index contributed by atoms with van der Waals surface area (Å²) in [6, 6.07) is 11.1. The number of anilines is 1. The van der Waals surface area contributed by atoms with E-state index in [9.17, 15) is 24.5 Å². The van der Waals surface area contributed by atoms with Crippen molar-refractivity contribution < 1.29 is 24.0 Å². The van der Waals surface area contributed by atoms with Crippen LogP contribution in [0.4, 0.5) is 16.2 Å². The Morgan fingerprint density at radius 3 is 2.29 bits per heavy atom. The summed E-state index contributed by atoms with van der Waals surface area (Å²) >= 11 is 0. The van der Waals surface area contributed by atoms with E-state index in [0.29, 0.717) is 16.8 Å². The lowest BCUT2D eigenvalue weighted by atomic mass is 9.97. The van der Waals surface area contributed by atoms with E-state index in [-0.39, 0.29) is 37.6 Å². The molecule has 0 aliphatic carbocycles. The fourth-order valence-electron chi connectivity index (χ4n) is 2.94. The second-order valence-corrected chi connectivity index (χ2v) is 7.07. The maximum Gasteiger partial charge on any atom is 0.319 e. The number of rotatable bonds is 11. The molecule has 0 heterocycles. The van der Waals surface area contributed by atoms with Crippen LogP contribution in [-0.2, 0) is 14.3 Å². The molecule has 12 nitrogen and oxygen atoms in total. The number of amidine groups is 1. The summed E-state index contributed by atoms with van der Waals surface area (Å²) in [6.45, 7) is 1.83. The highest BCUT2D eigenvalue weighted by molar-refractivity contribution is 5.96. The molecule has 0 bridgehead atoms. The highest BCUT2D eigenvalue weighted by atomic mass is 16.6. The number of non-ortho nitro benzene ring substituents is 1. The van der Waals surface area contributed by atoms with Gasteiger partial charge in [-0.2, -0.15) is 0 Å². The fourth-order valence-corrected chi connectivity index (χ4v) is 2.94. The van der Waals surface area contributed by atoms with Gasteiger partial charge < -0.3 is 26.4 Å². The molecule has 3 amide bonds. The first-order chi connectivity index (χ1) is 16.2. The number of ether oxygens (including phenoxy) is 1. The number of nitrogens with zero attached hydrogens (tertiary/aromatic N) is 1. The maximum absolute atomic E-state index is 12.8. The van der Waals surface area contributed by atoms with Crippen LogP contribution in [0.25, 0.3) is 0 Å². The molecule has 2 rings (SSSR count). The number of nitrogens with two attached hydrogens (primary N) is 1. The van der Waals surface area contributed by atoms with Crippen molar-refractivity contribution in [3.05, 3.63) is 69.8 Å². The lowest BCUT2D eigenvalue weighted by Gasteiger charge is -2.18. The molecule has 1 unspecified atom stereocenters. The van der Waals surface area contributed by atoms with E-state index < -0.39 is 28.7 Å². The van der Waals surface area contributed by atoms with E-state index in [1.807, 2.05) is 0 Å². The van der Waals surface area contributed by atoms with Crippen LogP contribution >= 0.6 is 0 Å². The standard InChI is InChI=1S/C22H26N6O6/c1-2-34-19(29)11-12-25-21(30)18(14-5-9-17(10-6-14)28(32)33)13-26-22(31)27-16-7-3-15(4-8-16)20(23)24/h3-10,18H,2,11-13H2,1H3,(H3,23,24)(H,25,30)(H2,26,27,31). The number of urea groups is 1. The number of benzene rings is 2. The third kappa shape index (κ3) is 7.89. The molecule has 34 heavy (non-hydrogen) atoms. The Balaban J connectivity index is 2.05. The van der Waals surface area contributed by atoms with Gasteiger partial charge in [0.15, 0.2) is 0 Å². The van der Waals surface area contributed by atoms with Gasteiger partial charge in [0.25, 0.3) is 5.69 Å². The Morgan fingerprint density at radius 2 is 1.74 bits per heavy atom. The third-order valence-corrected chi connectivity index (χ3v) is 4.68. The van der Waals surface area contributed by atoms with Gasteiger partial charge in [-0.05, 0) is 36.8 Å². The fraction of sp³-hybridized carbons (Fsp3) is 0.273. The van der Waals surface area contributed by atoms with Gasteiger partial charge in [0.2, 0.25) is 5.91 Å². The van der Waals surface area contributed by atoms with Gasteiger partial charge in [-0.15, -0.1) is 0 Å². The van der Waals surface area contributed by atoms with Crippen LogP contribution in [0.1, 0.15) is 30.4 Å². The molecule has 0 spiro atoms. The summed E-state index contributed by atoms with van der Waals surface area (Å²) in [6.07, 6.45) is -0.0171. The largest absolute Gasteiger partial charge is 0.466 e. The number of nitro benzene ring substituents is 1. The SMILES string of the molecule is CCOC(=O)CCNC(=O)C(CNC(=O)Nc1ccc(C(=N)N)cc1)c1ccc([N+](=O)[O-])cc1. The molecule has 6 N–H and O–H groups in total. The monoisotopic (exact) mass is 470 g/mol. The van der Waals surface area contributed by atoms with Crippen molar-refractivity contribution in [2.75, 3.05) is 25.0 Å². The number of nitro groups is 1. The van der Waals surface area contributed by atoms with Crippen molar-refractivity contribution in [2.45, 2.75) is 19.3 Å². The van der Waals surface area contributed by atoms with Crippen molar-refractivity contribution in [1.82, 2.24) is 10.6 Å². The minimum Gasteiger partial charge on any atom is -0.466 e. The smallest absolute Gasteiger partial charge is 0.319 e. The van der Waals surface area contributed by atoms with E-state index in [1.54, 1.807) is 31.2 Å². The molecular formula is C22H26N6O6. The average molecular weight is 470 g/mol. The number of hydrogen-bond acceptors (Lipinski definition) is 7. The average Bonchev–Trinajstić information content (AvgIpc) is 2.80. The first-order valence-electron chi connectivity index (χ1n) is 10.4. The van der Waals surface area contributed by atoms with Crippen molar-refractivity contribution in [3.8, 4) is 0 Å². The van der Waals surface area contributed by atoms with Gasteiger partial charge in [-0.25, -0.2) is 4.79 Å². The summed E-state index contributed by atoms with van der Waals surface area (Å²) in [4.78, 5) is 47.0. The number of amides is 3. The minimum atomic E-state index is -0.867. The van der Waals surface area contributed by atoms with Crippen LogP contribution in [0.15, 0.2) is 48.5 Å². The second kappa shape index (κ2) is 12.5. The zero-order chi connectivity index (χ0) is 25.1. The van der Waals surface area contributed by atoms with Crippen LogP contribution in [0.2, 0.25) is 0 Å². The molecular weight excluding hydrogens is 444 g/mol. The first kappa shape index (κ1) is 25.8. The van der Waals surface area contributed by atoms with E-state index >= 15 is 0 Å². The Hall–Kier alpha value is -4.48. The van der Waals surface area contributed by atoms with Gasteiger partial charge in [-0.3, -0.25) is 25.1 Å². The molecule has 0 fully saturated rings. The number of esters is 1. The van der Waals surface area contributed by atoms with Gasteiger partial charge in [0.05, 0.1) is 23.9 Å². The lowest BCUT2D eigenvalue weighted by Crippen LogP contribution is -2.39. The van der Waals surface area contributed by atoms with Crippen molar-refractivity contribution in [1.29, 1.82) is 5.41 Å². The summed E-state index contributed by atoms with van der Waals surface area (Å²) in [5.41, 5.74) is 6.68. The summed E-state index contributed by atoms with van der Waals surface area (Å²) < 4.78 is 4.82. The van der Waals surface area contributed by atoms with Gasteiger partial charge in [0, 0.05) is 36.5 Å². The predicted octanol–water partition coefficient (Wildman–Crippen LogP) is 1.85. The second-order valence-electron chi connectivity index (χ2n) is 7.07. The van der Waals surface area contributed by atoms with Gasteiger partial charge >= 0.3 is 12.0 Å². The van der Waals surface area contributed by atoms with E-state index in [2.05, 4.69) is 16.0 Å². The predicted molar refractivity (Wildman–Crippen MR) is 125 cm³/mol. The Labute approximate surface area is 195 Å². The quantitative estimate of drug-likeness (QED) is 0.109. The van der Waals surface area contributed by atoms with Crippen molar-refractivity contribution in [2.24, 2.45) is 5.73 Å². The summed E-state index contributed by atoms with van der Waals surface area (Å²) in [5, 5.41) is 26.1. The highest BCUT2D eigenvalue weighted by Gasteiger charge is 2.22. The van der Waals surface area contributed by atoms with Crippen molar-refractivity contribution >= 4 is 35.1 Å². The molecule has 0 saturated carbocycles. The van der Waals surface area contributed by atoms with Crippen LogP contribution < -0.4 is 21.7 Å². The first-order valence-corrected chi connectivity index (χ1v) is 10.4. The lowest BCUT2D eigenvalue weighted by molar-refractivity contribution is -0.384. The van der Waals surface area contributed by atoms with Crippen molar-refractivity contribution in [3.63, 3.8) is 0 Å². The highest BCUT2D eigenvalue weighted by Crippen LogP contribution is 2.20. The Morgan fingerprint density at radius 1 is 1.09 bits per heavy atom. The van der Waals surface area contributed by atoms with Gasteiger partial charge in [0.1, 0.15) is 5.84 Å². The number of hydrogen-bond donors (Lipinski definition) is 5. The number of nitrogen functional groups attached to an aromatic ring is 1. The summed E-state index contributed by atoms with van der Waals surface area (Å²) in [7, 11) is 0. The third-order valence-electron chi connectivity index (χ3n) is 4.68. The molecule has 2 aromatic carbocycles. The Kier molecular flexibility index (Phi) is 9.50. The molecule has 0 saturated heterocycles. The normalized spacial score (nSPS) is 11.1. The molecule has 1 atom stereocenters. The zero-order valence-corrected chi connectivity index (χ0v) is 18.5. The number of carbonyl (C=O) groups is 3. The molecule has 0 aliphatic heterocycles. The maximum atomic E-state index is 12.8. The molecule has 2 aromatic rings. The summed E-state index contributed by atoms with van der Waals surface area (Å²) in [5.74, 6) is -1.89. The molecule has 0 radical (unpaired) electrons. The minimum absolute atomic E-state index is 0.0171. The number of carbonyl (C=O) groups excluding carboxylic acids is 3. The van der Waals surface area contributed by atoms with Gasteiger partial charge in [-0.1, -0.05) is 12.1 Å². The van der Waals surface area contributed by atoms with Crippen LogP contribution in [-0.4, -0.2) is 48.4 Å². The molecule has 12 heteroatoms. The van der Waals surface area contributed by atoms with E-state index in [1.165, 1.54) is 24.3 Å². The molecule has 180 valence electrons. The van der Waals surface area contributed by atoms with Crippen LogP contribution in [0.3, 0.4) is 0 Å².